The van der Waals surface area contributed by atoms with E-state index in [9.17, 15) is 8.42 Å². The molecule has 0 spiro atoms. The van der Waals surface area contributed by atoms with Gasteiger partial charge in [-0.1, -0.05) is 24.3 Å². The van der Waals surface area contributed by atoms with Crippen molar-refractivity contribution in [1.82, 2.24) is 10.6 Å². The molecule has 0 heterocycles. The fraction of sp³-hybridized carbons (Fsp3) is 0.278. The van der Waals surface area contributed by atoms with Crippen LogP contribution in [-0.2, 0) is 16.4 Å². The largest absolute Gasteiger partial charge is 0.497 e. The molecule has 0 aliphatic carbocycles. The second-order valence-electron chi connectivity index (χ2n) is 5.74. The van der Waals surface area contributed by atoms with Gasteiger partial charge in [-0.3, -0.25) is 0 Å². The van der Waals surface area contributed by atoms with E-state index in [1.54, 1.807) is 31.4 Å². The molecule has 0 amide bonds. The molecule has 2 N–H and O–H groups in total. The van der Waals surface area contributed by atoms with E-state index in [1.165, 1.54) is 6.26 Å². The Morgan fingerprint density at radius 1 is 1.12 bits per heavy atom. The number of ether oxygens (including phenoxy) is 1. The summed E-state index contributed by atoms with van der Waals surface area (Å²) in [5, 5.41) is 6.89. The number of hydrogen-bond donors (Lipinski definition) is 2. The highest BCUT2D eigenvalue weighted by molar-refractivity contribution is 7.90. The molecule has 2 aromatic rings. The monoisotopic (exact) mass is 378 g/mol. The van der Waals surface area contributed by atoms with Crippen LogP contribution in [0, 0.1) is 0 Å². The number of benzene rings is 2. The molecule has 0 aliphatic rings. The van der Waals surface area contributed by atoms with E-state index in [2.05, 4.69) is 10.6 Å². The minimum atomic E-state index is -3.18. The molecule has 25 heavy (non-hydrogen) atoms. The molecule has 0 saturated heterocycles. The van der Waals surface area contributed by atoms with E-state index in [0.717, 1.165) is 16.9 Å². The van der Waals surface area contributed by atoms with Gasteiger partial charge in [0.05, 0.1) is 18.0 Å². The van der Waals surface area contributed by atoms with Gasteiger partial charge in [0.1, 0.15) is 5.75 Å². The van der Waals surface area contributed by atoms with Gasteiger partial charge >= 0.3 is 0 Å². The van der Waals surface area contributed by atoms with Gasteiger partial charge in [0.2, 0.25) is 0 Å². The Bertz CT molecular complexity index is 816. The molecule has 0 aromatic heterocycles. The molecule has 1 atom stereocenters. The Balaban J connectivity index is 1.88. The van der Waals surface area contributed by atoms with Gasteiger partial charge in [-0.05, 0) is 54.5 Å². The van der Waals surface area contributed by atoms with E-state index in [0.29, 0.717) is 16.6 Å². The lowest BCUT2D eigenvalue weighted by Crippen LogP contribution is -2.36. The number of nitrogens with one attached hydrogen (secondary N) is 2. The highest BCUT2D eigenvalue weighted by atomic mass is 32.2. The molecular formula is C18H22N2O3S2. The number of sulfone groups is 1. The van der Waals surface area contributed by atoms with Crippen molar-refractivity contribution in [3.63, 3.8) is 0 Å². The summed E-state index contributed by atoms with van der Waals surface area (Å²) in [6.07, 6.45) is 1.20. The van der Waals surface area contributed by atoms with Crippen LogP contribution in [-0.4, -0.2) is 26.9 Å². The topological polar surface area (TPSA) is 67.4 Å². The average molecular weight is 379 g/mol. The molecule has 0 aliphatic heterocycles. The van der Waals surface area contributed by atoms with Gasteiger partial charge in [-0.2, -0.15) is 0 Å². The molecule has 2 rings (SSSR count). The Morgan fingerprint density at radius 2 is 1.72 bits per heavy atom. The van der Waals surface area contributed by atoms with Gasteiger partial charge in [0.25, 0.3) is 0 Å². The smallest absolute Gasteiger partial charge is 0.175 e. The first kappa shape index (κ1) is 19.2. The molecule has 0 bridgehead atoms. The van der Waals surface area contributed by atoms with Crippen molar-refractivity contribution < 1.29 is 13.2 Å². The van der Waals surface area contributed by atoms with Crippen LogP contribution in [0.1, 0.15) is 24.1 Å². The Kier molecular flexibility index (Phi) is 6.39. The standard InChI is InChI=1S/C18H22N2O3S2/c1-13(15-6-10-17(11-7-15)25(3,21)22)20-18(24)19-12-14-4-8-16(23-2)9-5-14/h4-11,13H,12H2,1-3H3,(H2,19,20,24)/t13-/m0/s1. The summed E-state index contributed by atoms with van der Waals surface area (Å²) < 4.78 is 28.1. The maximum absolute atomic E-state index is 11.5. The van der Waals surface area contributed by atoms with Crippen molar-refractivity contribution in [2.24, 2.45) is 0 Å². The van der Waals surface area contributed by atoms with Crippen molar-refractivity contribution in [3.8, 4) is 5.75 Å². The number of rotatable bonds is 6. The van der Waals surface area contributed by atoms with Gasteiger partial charge in [-0.15, -0.1) is 0 Å². The minimum absolute atomic E-state index is 0.0375. The molecule has 5 nitrogen and oxygen atoms in total. The number of methoxy groups -OCH3 is 1. The number of thiocarbonyl (C=S) groups is 1. The first-order valence-electron chi connectivity index (χ1n) is 7.77. The van der Waals surface area contributed by atoms with Crippen LogP contribution < -0.4 is 15.4 Å². The SMILES string of the molecule is COc1ccc(CNC(=S)N[C@@H](C)c2ccc(S(C)(=O)=O)cc2)cc1. The molecule has 2 aromatic carbocycles. The quantitative estimate of drug-likeness (QED) is 0.754. The predicted octanol–water partition coefficient (Wildman–Crippen LogP) is 2.82. The van der Waals surface area contributed by atoms with Crippen molar-refractivity contribution in [1.29, 1.82) is 0 Å². The molecule has 0 radical (unpaired) electrons. The number of hydrogen-bond acceptors (Lipinski definition) is 4. The summed E-state index contributed by atoms with van der Waals surface area (Å²) >= 11 is 5.32. The summed E-state index contributed by atoms with van der Waals surface area (Å²) in [6, 6.07) is 14.5. The Morgan fingerprint density at radius 3 is 2.24 bits per heavy atom. The zero-order valence-electron chi connectivity index (χ0n) is 14.4. The third-order valence-electron chi connectivity index (χ3n) is 3.77. The van der Waals surface area contributed by atoms with Gasteiger partial charge in [-0.25, -0.2) is 8.42 Å². The van der Waals surface area contributed by atoms with Crippen LogP contribution in [0.25, 0.3) is 0 Å². The summed E-state index contributed by atoms with van der Waals surface area (Å²) in [4.78, 5) is 0.309. The molecule has 0 unspecified atom stereocenters. The Hall–Kier alpha value is -2.12. The van der Waals surface area contributed by atoms with E-state index >= 15 is 0 Å². The van der Waals surface area contributed by atoms with Crippen molar-refractivity contribution in [2.45, 2.75) is 24.4 Å². The fourth-order valence-corrected chi connectivity index (χ4v) is 3.14. The zero-order valence-corrected chi connectivity index (χ0v) is 16.1. The summed E-state index contributed by atoms with van der Waals surface area (Å²) in [7, 11) is -1.55. The highest BCUT2D eigenvalue weighted by Crippen LogP contribution is 2.16. The second kappa shape index (κ2) is 8.31. The van der Waals surface area contributed by atoms with Crippen LogP contribution >= 0.6 is 12.2 Å². The van der Waals surface area contributed by atoms with E-state index in [4.69, 9.17) is 17.0 Å². The first-order chi connectivity index (χ1) is 11.8. The van der Waals surface area contributed by atoms with Gasteiger partial charge in [0.15, 0.2) is 14.9 Å². The van der Waals surface area contributed by atoms with Crippen LogP contribution in [0.3, 0.4) is 0 Å². The maximum atomic E-state index is 11.5. The predicted molar refractivity (Wildman–Crippen MR) is 104 cm³/mol. The lowest BCUT2D eigenvalue weighted by Gasteiger charge is -2.18. The Labute approximate surface area is 154 Å². The second-order valence-corrected chi connectivity index (χ2v) is 8.16. The van der Waals surface area contributed by atoms with Gasteiger partial charge < -0.3 is 15.4 Å². The summed E-state index contributed by atoms with van der Waals surface area (Å²) in [5.74, 6) is 0.815. The summed E-state index contributed by atoms with van der Waals surface area (Å²) in [5.41, 5.74) is 2.05. The highest BCUT2D eigenvalue weighted by Gasteiger charge is 2.10. The van der Waals surface area contributed by atoms with Crippen LogP contribution in [0.15, 0.2) is 53.4 Å². The van der Waals surface area contributed by atoms with E-state index in [-0.39, 0.29) is 6.04 Å². The normalized spacial score (nSPS) is 12.3. The molecule has 134 valence electrons. The van der Waals surface area contributed by atoms with Gasteiger partial charge in [0, 0.05) is 12.8 Å². The average Bonchev–Trinajstić information content (AvgIpc) is 2.59. The van der Waals surface area contributed by atoms with E-state index < -0.39 is 9.84 Å². The van der Waals surface area contributed by atoms with E-state index in [1.807, 2.05) is 31.2 Å². The minimum Gasteiger partial charge on any atom is -0.497 e. The fourth-order valence-electron chi connectivity index (χ4n) is 2.26. The van der Waals surface area contributed by atoms with Crippen molar-refractivity contribution in [2.75, 3.05) is 13.4 Å². The maximum Gasteiger partial charge on any atom is 0.175 e. The van der Waals surface area contributed by atoms with Crippen LogP contribution in [0.2, 0.25) is 0 Å². The lowest BCUT2D eigenvalue weighted by atomic mass is 10.1. The van der Waals surface area contributed by atoms with Crippen molar-refractivity contribution >= 4 is 27.2 Å². The molecule has 0 fully saturated rings. The lowest BCUT2D eigenvalue weighted by molar-refractivity contribution is 0.414. The third-order valence-corrected chi connectivity index (χ3v) is 5.16. The van der Waals surface area contributed by atoms with Crippen LogP contribution in [0.4, 0.5) is 0 Å². The first-order valence-corrected chi connectivity index (χ1v) is 10.1. The molecule has 0 saturated carbocycles. The molecular weight excluding hydrogens is 356 g/mol. The molecule has 7 heteroatoms. The third kappa shape index (κ3) is 5.72. The summed E-state index contributed by atoms with van der Waals surface area (Å²) in [6.45, 7) is 2.58. The van der Waals surface area contributed by atoms with Crippen LogP contribution in [0.5, 0.6) is 5.75 Å². The zero-order chi connectivity index (χ0) is 18.4. The van der Waals surface area contributed by atoms with Crippen molar-refractivity contribution in [3.05, 3.63) is 59.7 Å².